The number of aromatic amines is 1. The number of H-pyrrole nitrogens is 1. The summed E-state index contributed by atoms with van der Waals surface area (Å²) in [6.07, 6.45) is 2.11. The number of hydrogen-bond donors (Lipinski definition) is 3. The molecule has 0 aliphatic carbocycles. The molecule has 3 heterocycles. The Labute approximate surface area is 261 Å². The molecule has 0 spiro atoms. The van der Waals surface area contributed by atoms with Gasteiger partial charge in [0.25, 0.3) is 5.91 Å². The molecule has 1 aliphatic rings. The van der Waals surface area contributed by atoms with E-state index >= 15 is 0 Å². The van der Waals surface area contributed by atoms with Crippen molar-refractivity contribution in [1.82, 2.24) is 24.3 Å². The third-order valence-electron chi connectivity index (χ3n) is 7.48. The first-order valence-electron chi connectivity index (χ1n) is 14.8. The Balaban J connectivity index is 1.45. The molecule has 11 nitrogen and oxygen atoms in total. The molecule has 2 aromatic heterocycles. The van der Waals surface area contributed by atoms with Gasteiger partial charge in [-0.1, -0.05) is 18.1 Å². The van der Waals surface area contributed by atoms with E-state index in [-0.39, 0.29) is 23.6 Å². The zero-order valence-electron chi connectivity index (χ0n) is 25.9. The highest BCUT2D eigenvalue weighted by molar-refractivity contribution is 5.97. The summed E-state index contributed by atoms with van der Waals surface area (Å²) < 4.78 is 1.84. The van der Waals surface area contributed by atoms with Crippen LogP contribution in [0.15, 0.2) is 59.7 Å². The molecule has 3 N–H and O–H groups in total. The van der Waals surface area contributed by atoms with E-state index in [1.807, 2.05) is 10.6 Å². The van der Waals surface area contributed by atoms with E-state index in [9.17, 15) is 19.5 Å². The Morgan fingerprint density at radius 3 is 2.60 bits per heavy atom. The van der Waals surface area contributed by atoms with Crippen molar-refractivity contribution in [3.63, 3.8) is 0 Å². The normalized spacial score (nSPS) is 14.6. The Kier molecular flexibility index (Phi) is 9.39. The van der Waals surface area contributed by atoms with E-state index in [0.29, 0.717) is 28.8 Å². The molecule has 0 unspecified atom stereocenters. The van der Waals surface area contributed by atoms with Gasteiger partial charge in [0, 0.05) is 57.0 Å². The fraction of sp³-hybridized carbons (Fsp3) is 0.324. The number of aldehydes is 1. The Hall–Kier alpha value is -4.89. The van der Waals surface area contributed by atoms with Crippen LogP contribution in [-0.2, 0) is 17.9 Å². The standard InChI is InChI=1S/C34H37N7O4/c1-23(43)36-29-7-5-6-25(28(29)21-42)9-10-27-19-26(12-13-35-27)32(44)38-33-37-30-11-8-24(20-40-16-14-39(4)15-17-40)18-31(30)41(33)22-34(2,3)45/h5-8,11-13,18-19,21,45H,14-17,20,22H2,1-4H3,(H,36,43)(H,37,38,44). The van der Waals surface area contributed by atoms with Crippen LogP contribution >= 0.6 is 0 Å². The summed E-state index contributed by atoms with van der Waals surface area (Å²) in [5.41, 5.74) is 3.69. The molecule has 0 radical (unpaired) electrons. The summed E-state index contributed by atoms with van der Waals surface area (Å²) in [5.74, 6) is 5.01. The van der Waals surface area contributed by atoms with Crippen molar-refractivity contribution in [3.8, 4) is 11.8 Å². The third kappa shape index (κ3) is 7.99. The molecule has 2 aromatic carbocycles. The van der Waals surface area contributed by atoms with Crippen molar-refractivity contribution in [3.05, 3.63) is 88.3 Å². The SMILES string of the molecule is CC(=O)Nc1cccc(C#Cc2cc(C(=O)/N=c3\[nH]c4ccc(CN5CCN(C)CC5)cc4n3CC(C)(C)O)ccn2)c1C=O. The average Bonchev–Trinajstić information content (AvgIpc) is 3.31. The fourth-order valence-corrected chi connectivity index (χ4v) is 5.23. The van der Waals surface area contributed by atoms with Crippen molar-refractivity contribution in [2.24, 2.45) is 4.99 Å². The summed E-state index contributed by atoms with van der Waals surface area (Å²) in [5, 5.41) is 13.4. The number of likely N-dealkylation sites (N-methyl/N-ethyl adjacent to an activating group) is 1. The van der Waals surface area contributed by atoms with Gasteiger partial charge in [0.1, 0.15) is 5.69 Å². The molecule has 2 amide bonds. The number of hydrogen-bond acceptors (Lipinski definition) is 7. The summed E-state index contributed by atoms with van der Waals surface area (Å²) in [6.45, 7) is 9.90. The molecule has 232 valence electrons. The van der Waals surface area contributed by atoms with Crippen LogP contribution in [0, 0.1) is 11.8 Å². The smallest absolute Gasteiger partial charge is 0.280 e. The number of aromatic nitrogens is 3. The van der Waals surface area contributed by atoms with Crippen molar-refractivity contribution in [2.45, 2.75) is 39.5 Å². The summed E-state index contributed by atoms with van der Waals surface area (Å²) in [6, 6.07) is 14.2. The molecule has 1 aliphatic heterocycles. The monoisotopic (exact) mass is 607 g/mol. The lowest BCUT2D eigenvalue weighted by Gasteiger charge is -2.32. The lowest BCUT2D eigenvalue weighted by atomic mass is 10.1. The largest absolute Gasteiger partial charge is 0.389 e. The Morgan fingerprint density at radius 2 is 1.89 bits per heavy atom. The van der Waals surface area contributed by atoms with Crippen molar-refractivity contribution in [1.29, 1.82) is 0 Å². The molecule has 11 heteroatoms. The number of pyridine rings is 1. The highest BCUT2D eigenvalue weighted by Gasteiger charge is 2.19. The molecular weight excluding hydrogens is 570 g/mol. The molecule has 4 aromatic rings. The summed E-state index contributed by atoms with van der Waals surface area (Å²) >= 11 is 0. The molecule has 1 fully saturated rings. The maximum absolute atomic E-state index is 13.4. The van der Waals surface area contributed by atoms with Crippen LogP contribution in [-0.4, -0.2) is 86.4 Å². The van der Waals surface area contributed by atoms with Crippen LogP contribution in [0.5, 0.6) is 0 Å². The predicted octanol–water partition coefficient (Wildman–Crippen LogP) is 2.79. The molecular formula is C34H37N7O4. The zero-order valence-corrected chi connectivity index (χ0v) is 25.9. The number of carbonyl (C=O) groups is 3. The number of imidazole rings is 1. The van der Waals surface area contributed by atoms with Crippen molar-refractivity contribution in [2.75, 3.05) is 38.5 Å². The maximum Gasteiger partial charge on any atom is 0.280 e. The lowest BCUT2D eigenvalue weighted by Crippen LogP contribution is -2.43. The lowest BCUT2D eigenvalue weighted by molar-refractivity contribution is -0.114. The van der Waals surface area contributed by atoms with Crippen LogP contribution in [0.4, 0.5) is 5.69 Å². The minimum Gasteiger partial charge on any atom is -0.389 e. The van der Waals surface area contributed by atoms with E-state index in [0.717, 1.165) is 49.3 Å². The number of piperazine rings is 1. The van der Waals surface area contributed by atoms with Crippen molar-refractivity contribution >= 4 is 34.8 Å². The van der Waals surface area contributed by atoms with E-state index in [1.165, 1.54) is 19.2 Å². The van der Waals surface area contributed by atoms with Gasteiger partial charge in [-0.25, -0.2) is 4.98 Å². The molecule has 1 saturated heterocycles. The summed E-state index contributed by atoms with van der Waals surface area (Å²) in [7, 11) is 2.13. The van der Waals surface area contributed by atoms with E-state index < -0.39 is 11.5 Å². The number of aliphatic hydroxyl groups is 1. The number of fused-ring (bicyclic) bond motifs is 1. The van der Waals surface area contributed by atoms with Gasteiger partial charge < -0.3 is 24.9 Å². The first-order chi connectivity index (χ1) is 21.5. The highest BCUT2D eigenvalue weighted by atomic mass is 16.3. The van der Waals surface area contributed by atoms with Crippen LogP contribution < -0.4 is 10.9 Å². The van der Waals surface area contributed by atoms with Gasteiger partial charge >= 0.3 is 0 Å². The average molecular weight is 608 g/mol. The minimum absolute atomic E-state index is 0.223. The second kappa shape index (κ2) is 13.4. The number of anilines is 1. The first-order valence-corrected chi connectivity index (χ1v) is 14.8. The summed E-state index contributed by atoms with van der Waals surface area (Å²) in [4.78, 5) is 53.3. The highest BCUT2D eigenvalue weighted by Crippen LogP contribution is 2.19. The molecule has 5 rings (SSSR count). The predicted molar refractivity (Wildman–Crippen MR) is 172 cm³/mol. The van der Waals surface area contributed by atoms with Gasteiger partial charge in [-0.15, -0.1) is 0 Å². The zero-order chi connectivity index (χ0) is 32.1. The first kappa shape index (κ1) is 31.5. The van der Waals surface area contributed by atoms with Gasteiger partial charge in [0.15, 0.2) is 6.29 Å². The second-order valence-electron chi connectivity index (χ2n) is 11.9. The molecule has 45 heavy (non-hydrogen) atoms. The quantitative estimate of drug-likeness (QED) is 0.217. The van der Waals surface area contributed by atoms with Gasteiger partial charge in [-0.2, -0.15) is 4.99 Å². The number of nitrogens with one attached hydrogen (secondary N) is 2. The van der Waals surface area contributed by atoms with Crippen LogP contribution in [0.25, 0.3) is 11.0 Å². The minimum atomic E-state index is -1.06. The number of nitrogens with zero attached hydrogens (tertiary/aromatic N) is 5. The molecule has 0 atom stereocenters. The number of carbonyl (C=O) groups excluding carboxylic acids is 3. The molecule has 0 bridgehead atoms. The maximum atomic E-state index is 13.4. The van der Waals surface area contributed by atoms with E-state index in [1.54, 1.807) is 38.1 Å². The molecule has 0 saturated carbocycles. The Bertz CT molecular complexity index is 1880. The topological polar surface area (TPSA) is 136 Å². The van der Waals surface area contributed by atoms with Crippen LogP contribution in [0.2, 0.25) is 0 Å². The second-order valence-corrected chi connectivity index (χ2v) is 11.9. The number of rotatable bonds is 7. The van der Waals surface area contributed by atoms with Gasteiger partial charge in [0.05, 0.1) is 34.4 Å². The van der Waals surface area contributed by atoms with E-state index in [4.69, 9.17) is 0 Å². The van der Waals surface area contributed by atoms with Gasteiger partial charge in [-0.3, -0.25) is 19.3 Å². The number of benzene rings is 2. The van der Waals surface area contributed by atoms with Gasteiger partial charge in [-0.05, 0) is 68.8 Å². The Morgan fingerprint density at radius 1 is 1.11 bits per heavy atom. The number of amides is 2. The van der Waals surface area contributed by atoms with Crippen LogP contribution in [0.3, 0.4) is 0 Å². The van der Waals surface area contributed by atoms with Crippen LogP contribution in [0.1, 0.15) is 58.3 Å². The fourth-order valence-electron chi connectivity index (χ4n) is 5.23. The van der Waals surface area contributed by atoms with Crippen molar-refractivity contribution < 1.29 is 19.5 Å². The third-order valence-corrected chi connectivity index (χ3v) is 7.48. The van der Waals surface area contributed by atoms with Gasteiger partial charge in [0.2, 0.25) is 11.5 Å². The van der Waals surface area contributed by atoms with E-state index in [2.05, 4.69) is 61.1 Å².